The van der Waals surface area contributed by atoms with Gasteiger partial charge in [-0.15, -0.1) is 0 Å². The molecule has 2 aromatic carbocycles. The van der Waals surface area contributed by atoms with Gasteiger partial charge in [0, 0.05) is 31.7 Å². The summed E-state index contributed by atoms with van der Waals surface area (Å²) in [5.74, 6) is 0.421. The Morgan fingerprint density at radius 2 is 1.79 bits per heavy atom. The van der Waals surface area contributed by atoms with Crippen molar-refractivity contribution in [2.45, 2.75) is 40.7 Å². The minimum absolute atomic E-state index is 0.222. The molecule has 3 aromatic rings. The fourth-order valence-electron chi connectivity index (χ4n) is 4.46. The number of aromatic nitrogens is 1. The number of hydrogen-bond acceptors (Lipinski definition) is 5. The number of morpholine rings is 1. The van der Waals surface area contributed by atoms with E-state index in [0.717, 1.165) is 61.5 Å². The summed E-state index contributed by atoms with van der Waals surface area (Å²) in [7, 11) is 0. The number of amides is 1. The maximum absolute atomic E-state index is 12.8. The number of carbonyl (C=O) groups is 1. The van der Waals surface area contributed by atoms with E-state index in [1.54, 1.807) is 0 Å². The molecule has 0 bridgehead atoms. The number of rotatable bonds is 7. The van der Waals surface area contributed by atoms with Crippen LogP contribution in [0.15, 0.2) is 40.9 Å². The minimum atomic E-state index is -0.222. The molecule has 1 aliphatic heterocycles. The molecular formula is C27H33N3O3. The quantitative estimate of drug-likeness (QED) is 0.565. The summed E-state index contributed by atoms with van der Waals surface area (Å²) in [6, 6.07) is 12.7. The molecule has 1 amide bonds. The van der Waals surface area contributed by atoms with Gasteiger partial charge in [-0.25, -0.2) is 0 Å². The molecule has 0 spiro atoms. The number of carbonyl (C=O) groups excluding carboxylic acids is 1. The number of nitrogens with zero attached hydrogens (tertiary/aromatic N) is 2. The van der Waals surface area contributed by atoms with E-state index in [-0.39, 0.29) is 5.91 Å². The second-order valence-corrected chi connectivity index (χ2v) is 8.63. The first-order valence-electron chi connectivity index (χ1n) is 11.8. The van der Waals surface area contributed by atoms with Crippen molar-refractivity contribution in [2.24, 2.45) is 0 Å². The Hall–Kier alpha value is -2.96. The van der Waals surface area contributed by atoms with Crippen molar-refractivity contribution in [2.75, 3.05) is 32.8 Å². The number of ether oxygens (including phenoxy) is 1. The van der Waals surface area contributed by atoms with Crippen LogP contribution in [0.2, 0.25) is 0 Å². The summed E-state index contributed by atoms with van der Waals surface area (Å²) in [6.07, 6.45) is 0.933. The maximum Gasteiger partial charge on any atom is 0.274 e. The SMILES string of the molecule is CCNC(=O)c1noc(-c2cc(CC)c(C)cc2C)c1-c1ccc(CN2CCOCC2)cc1. The summed E-state index contributed by atoms with van der Waals surface area (Å²) in [5, 5.41) is 7.08. The van der Waals surface area contributed by atoms with Gasteiger partial charge in [0.05, 0.1) is 18.8 Å². The van der Waals surface area contributed by atoms with E-state index < -0.39 is 0 Å². The molecule has 0 saturated carbocycles. The van der Waals surface area contributed by atoms with Gasteiger partial charge in [0.1, 0.15) is 0 Å². The zero-order valence-electron chi connectivity index (χ0n) is 20.0. The van der Waals surface area contributed by atoms with Gasteiger partial charge in [0.2, 0.25) is 0 Å². The summed E-state index contributed by atoms with van der Waals surface area (Å²) >= 11 is 0. The van der Waals surface area contributed by atoms with Gasteiger partial charge < -0.3 is 14.6 Å². The third-order valence-electron chi connectivity index (χ3n) is 6.31. The van der Waals surface area contributed by atoms with Crippen LogP contribution < -0.4 is 5.32 Å². The number of benzene rings is 2. The third kappa shape index (κ3) is 5.02. The van der Waals surface area contributed by atoms with Gasteiger partial charge >= 0.3 is 0 Å². The highest BCUT2D eigenvalue weighted by Gasteiger charge is 2.25. The second-order valence-electron chi connectivity index (χ2n) is 8.63. The first-order chi connectivity index (χ1) is 16.0. The average molecular weight is 448 g/mol. The van der Waals surface area contributed by atoms with Crippen LogP contribution in [0, 0.1) is 13.8 Å². The molecule has 0 unspecified atom stereocenters. The summed E-state index contributed by atoms with van der Waals surface area (Å²) in [5.41, 5.74) is 7.84. The number of nitrogens with one attached hydrogen (secondary N) is 1. The Morgan fingerprint density at radius 1 is 1.06 bits per heavy atom. The molecule has 6 heteroatoms. The average Bonchev–Trinajstić information content (AvgIpc) is 3.25. The van der Waals surface area contributed by atoms with Crippen LogP contribution in [0.3, 0.4) is 0 Å². The molecule has 1 N–H and O–H groups in total. The molecule has 33 heavy (non-hydrogen) atoms. The number of aryl methyl sites for hydroxylation is 3. The van der Waals surface area contributed by atoms with E-state index in [9.17, 15) is 4.79 Å². The third-order valence-corrected chi connectivity index (χ3v) is 6.31. The van der Waals surface area contributed by atoms with Crippen LogP contribution in [0.4, 0.5) is 0 Å². The van der Waals surface area contributed by atoms with E-state index in [0.29, 0.717) is 18.0 Å². The van der Waals surface area contributed by atoms with Gasteiger partial charge in [-0.05, 0) is 61.1 Å². The molecule has 0 atom stereocenters. The first-order valence-corrected chi connectivity index (χ1v) is 11.8. The Labute approximate surface area is 195 Å². The molecule has 0 aliphatic carbocycles. The molecule has 6 nitrogen and oxygen atoms in total. The summed E-state index contributed by atoms with van der Waals surface area (Å²) in [6.45, 7) is 13.1. The normalized spacial score (nSPS) is 14.4. The van der Waals surface area contributed by atoms with Crippen molar-refractivity contribution >= 4 is 5.91 Å². The van der Waals surface area contributed by atoms with Crippen LogP contribution >= 0.6 is 0 Å². The topological polar surface area (TPSA) is 67.6 Å². The summed E-state index contributed by atoms with van der Waals surface area (Å²) in [4.78, 5) is 15.2. The fourth-order valence-corrected chi connectivity index (χ4v) is 4.46. The maximum atomic E-state index is 12.8. The van der Waals surface area contributed by atoms with Crippen LogP contribution in [-0.4, -0.2) is 48.8 Å². The highest BCUT2D eigenvalue weighted by Crippen LogP contribution is 2.38. The van der Waals surface area contributed by atoms with Gasteiger partial charge in [0.25, 0.3) is 5.91 Å². The smallest absolute Gasteiger partial charge is 0.274 e. The predicted molar refractivity (Wildman–Crippen MR) is 130 cm³/mol. The largest absolute Gasteiger partial charge is 0.379 e. The van der Waals surface area contributed by atoms with Gasteiger partial charge in [0.15, 0.2) is 11.5 Å². The molecule has 2 heterocycles. The van der Waals surface area contributed by atoms with E-state index in [2.05, 4.69) is 72.5 Å². The van der Waals surface area contributed by atoms with Gasteiger partial charge in [-0.1, -0.05) is 42.4 Å². The minimum Gasteiger partial charge on any atom is -0.379 e. The van der Waals surface area contributed by atoms with E-state index in [1.807, 2.05) is 6.92 Å². The Morgan fingerprint density at radius 3 is 2.45 bits per heavy atom. The Kier molecular flexibility index (Phi) is 7.26. The molecule has 1 saturated heterocycles. The van der Waals surface area contributed by atoms with Crippen LogP contribution in [-0.2, 0) is 17.7 Å². The highest BCUT2D eigenvalue weighted by atomic mass is 16.5. The lowest BCUT2D eigenvalue weighted by molar-refractivity contribution is 0.0342. The van der Waals surface area contributed by atoms with Crippen LogP contribution in [0.25, 0.3) is 22.5 Å². The van der Waals surface area contributed by atoms with Crippen LogP contribution in [0.5, 0.6) is 0 Å². The zero-order valence-corrected chi connectivity index (χ0v) is 20.0. The Balaban J connectivity index is 1.75. The van der Waals surface area contributed by atoms with Crippen molar-refractivity contribution in [1.82, 2.24) is 15.4 Å². The number of hydrogen-bond donors (Lipinski definition) is 1. The standard InChI is InChI=1S/C27H33N3O3/c1-5-21-16-23(19(4)15-18(21)3)26-24(25(29-33-26)27(31)28-6-2)22-9-7-20(8-10-22)17-30-11-13-32-14-12-30/h7-10,15-16H,5-6,11-14,17H2,1-4H3,(H,28,31). The van der Waals surface area contributed by atoms with E-state index in [4.69, 9.17) is 9.26 Å². The van der Waals surface area contributed by atoms with Crippen molar-refractivity contribution in [3.8, 4) is 22.5 Å². The van der Waals surface area contributed by atoms with Crippen molar-refractivity contribution < 1.29 is 14.1 Å². The molecule has 1 aromatic heterocycles. The molecular weight excluding hydrogens is 414 g/mol. The van der Waals surface area contributed by atoms with Gasteiger partial charge in [-0.2, -0.15) is 0 Å². The summed E-state index contributed by atoms with van der Waals surface area (Å²) < 4.78 is 11.3. The highest BCUT2D eigenvalue weighted by molar-refractivity contribution is 6.02. The Bertz CT molecular complexity index is 1110. The molecule has 1 aliphatic rings. The predicted octanol–water partition coefficient (Wildman–Crippen LogP) is 4.77. The molecule has 0 radical (unpaired) electrons. The van der Waals surface area contributed by atoms with Crippen LogP contribution in [0.1, 0.15) is 46.6 Å². The van der Waals surface area contributed by atoms with Crippen molar-refractivity contribution in [1.29, 1.82) is 0 Å². The van der Waals surface area contributed by atoms with E-state index >= 15 is 0 Å². The lowest BCUT2D eigenvalue weighted by atomic mass is 9.92. The molecule has 174 valence electrons. The monoisotopic (exact) mass is 447 g/mol. The first kappa shape index (κ1) is 23.2. The second kappa shape index (κ2) is 10.3. The molecule has 1 fully saturated rings. The van der Waals surface area contributed by atoms with Gasteiger partial charge in [-0.3, -0.25) is 9.69 Å². The van der Waals surface area contributed by atoms with Crippen molar-refractivity contribution in [3.05, 3.63) is 64.3 Å². The lowest BCUT2D eigenvalue weighted by Gasteiger charge is -2.26. The van der Waals surface area contributed by atoms with Crippen molar-refractivity contribution in [3.63, 3.8) is 0 Å². The zero-order chi connectivity index (χ0) is 23.4. The lowest BCUT2D eigenvalue weighted by Crippen LogP contribution is -2.35. The fraction of sp³-hybridized carbons (Fsp3) is 0.407. The van der Waals surface area contributed by atoms with E-state index in [1.165, 1.54) is 16.7 Å². The molecule has 4 rings (SSSR count).